The van der Waals surface area contributed by atoms with Gasteiger partial charge in [-0.15, -0.1) is 0 Å². The van der Waals surface area contributed by atoms with Gasteiger partial charge < -0.3 is 10.4 Å². The molecule has 2 N–H and O–H groups in total. The van der Waals surface area contributed by atoms with Gasteiger partial charge in [-0.05, 0) is 18.3 Å². The molecule has 4 nitrogen and oxygen atoms in total. The maximum Gasteiger partial charge on any atom is 0.326 e. The molecule has 1 saturated carbocycles. The standard InChI is InChI=1S/C12H21NO3/c1-8(2)11(12(15)16)13-10(14)7-6-9-4-3-5-9/h8-9,11H,3-7H2,1-2H3,(H,13,14)(H,15,16). The number of amides is 1. The van der Waals surface area contributed by atoms with Gasteiger partial charge in [-0.2, -0.15) is 0 Å². The Morgan fingerprint density at radius 3 is 2.38 bits per heavy atom. The van der Waals surface area contributed by atoms with Crippen molar-refractivity contribution in [3.8, 4) is 0 Å². The van der Waals surface area contributed by atoms with Crippen molar-refractivity contribution in [2.24, 2.45) is 11.8 Å². The van der Waals surface area contributed by atoms with Gasteiger partial charge in [0.15, 0.2) is 0 Å². The molecule has 92 valence electrons. The molecule has 0 bridgehead atoms. The first-order valence-electron chi connectivity index (χ1n) is 6.03. The van der Waals surface area contributed by atoms with Gasteiger partial charge in [-0.25, -0.2) is 4.79 Å². The van der Waals surface area contributed by atoms with Crippen LogP contribution in [0.25, 0.3) is 0 Å². The molecule has 1 aliphatic carbocycles. The number of hydrogen-bond acceptors (Lipinski definition) is 2. The summed E-state index contributed by atoms with van der Waals surface area (Å²) >= 11 is 0. The molecule has 0 heterocycles. The Morgan fingerprint density at radius 2 is 2.00 bits per heavy atom. The van der Waals surface area contributed by atoms with E-state index in [-0.39, 0.29) is 11.8 Å². The van der Waals surface area contributed by atoms with E-state index in [1.807, 2.05) is 0 Å². The summed E-state index contributed by atoms with van der Waals surface area (Å²) in [5.74, 6) is -0.474. The third kappa shape index (κ3) is 3.83. The fraction of sp³-hybridized carbons (Fsp3) is 0.833. The molecule has 1 amide bonds. The van der Waals surface area contributed by atoms with E-state index in [2.05, 4.69) is 5.32 Å². The minimum absolute atomic E-state index is 0.0786. The van der Waals surface area contributed by atoms with Gasteiger partial charge in [-0.3, -0.25) is 4.79 Å². The SMILES string of the molecule is CC(C)C(NC(=O)CCC1CCC1)C(=O)O. The third-order valence-corrected chi connectivity index (χ3v) is 3.25. The second-order valence-electron chi connectivity index (χ2n) is 4.96. The van der Waals surface area contributed by atoms with Crippen LogP contribution in [0.5, 0.6) is 0 Å². The maximum atomic E-state index is 11.5. The molecule has 0 radical (unpaired) electrons. The van der Waals surface area contributed by atoms with E-state index >= 15 is 0 Å². The minimum Gasteiger partial charge on any atom is -0.480 e. The molecule has 1 atom stereocenters. The molecule has 4 heteroatoms. The summed E-state index contributed by atoms with van der Waals surface area (Å²) in [5, 5.41) is 11.5. The highest BCUT2D eigenvalue weighted by molar-refractivity contribution is 5.83. The van der Waals surface area contributed by atoms with E-state index in [0.29, 0.717) is 12.3 Å². The lowest BCUT2D eigenvalue weighted by molar-refractivity contribution is -0.143. The van der Waals surface area contributed by atoms with E-state index < -0.39 is 12.0 Å². The molecule has 1 aliphatic rings. The van der Waals surface area contributed by atoms with Crippen LogP contribution in [0.15, 0.2) is 0 Å². The molecular formula is C12H21NO3. The summed E-state index contributed by atoms with van der Waals surface area (Å²) in [7, 11) is 0. The summed E-state index contributed by atoms with van der Waals surface area (Å²) in [6, 6.07) is -0.756. The maximum absolute atomic E-state index is 11.5. The summed E-state index contributed by atoms with van der Waals surface area (Å²) in [4.78, 5) is 22.4. The molecule has 0 aliphatic heterocycles. The van der Waals surface area contributed by atoms with E-state index in [1.54, 1.807) is 13.8 Å². The van der Waals surface area contributed by atoms with Gasteiger partial charge in [0, 0.05) is 6.42 Å². The fourth-order valence-electron chi connectivity index (χ4n) is 1.88. The number of carboxylic acid groups (broad SMARTS) is 1. The van der Waals surface area contributed by atoms with E-state index in [0.717, 1.165) is 6.42 Å². The van der Waals surface area contributed by atoms with Crippen LogP contribution >= 0.6 is 0 Å². The first kappa shape index (κ1) is 13.0. The quantitative estimate of drug-likeness (QED) is 0.727. The smallest absolute Gasteiger partial charge is 0.326 e. The van der Waals surface area contributed by atoms with Gasteiger partial charge in [0.2, 0.25) is 5.91 Å². The number of nitrogens with one attached hydrogen (secondary N) is 1. The lowest BCUT2D eigenvalue weighted by Gasteiger charge is -2.25. The predicted octanol–water partition coefficient (Wildman–Crippen LogP) is 1.79. The summed E-state index contributed by atoms with van der Waals surface area (Å²) in [5.41, 5.74) is 0. The third-order valence-electron chi connectivity index (χ3n) is 3.25. The van der Waals surface area contributed by atoms with Gasteiger partial charge in [-0.1, -0.05) is 33.1 Å². The highest BCUT2D eigenvalue weighted by Crippen LogP contribution is 2.30. The normalized spacial score (nSPS) is 17.9. The Hall–Kier alpha value is -1.06. The molecule has 1 fully saturated rings. The number of carbonyl (C=O) groups excluding carboxylic acids is 1. The largest absolute Gasteiger partial charge is 0.480 e. The second-order valence-corrected chi connectivity index (χ2v) is 4.96. The van der Waals surface area contributed by atoms with Crippen LogP contribution in [0.2, 0.25) is 0 Å². The number of hydrogen-bond donors (Lipinski definition) is 2. The number of carbonyl (C=O) groups is 2. The van der Waals surface area contributed by atoms with Gasteiger partial charge in [0.1, 0.15) is 6.04 Å². The fourth-order valence-corrected chi connectivity index (χ4v) is 1.88. The van der Waals surface area contributed by atoms with Crippen LogP contribution in [-0.2, 0) is 9.59 Å². The van der Waals surface area contributed by atoms with Crippen LogP contribution in [0, 0.1) is 11.8 Å². The van der Waals surface area contributed by atoms with Crippen molar-refractivity contribution in [2.75, 3.05) is 0 Å². The molecule has 0 aromatic carbocycles. The lowest BCUT2D eigenvalue weighted by atomic mass is 9.82. The van der Waals surface area contributed by atoms with Crippen LogP contribution in [0.1, 0.15) is 46.0 Å². The molecule has 0 saturated heterocycles. The lowest BCUT2D eigenvalue weighted by Crippen LogP contribution is -2.44. The molecule has 0 aromatic rings. The van der Waals surface area contributed by atoms with Crippen molar-refractivity contribution in [1.82, 2.24) is 5.32 Å². The van der Waals surface area contributed by atoms with Gasteiger partial charge in [0.25, 0.3) is 0 Å². The first-order chi connectivity index (χ1) is 7.50. The highest BCUT2D eigenvalue weighted by Gasteiger charge is 2.24. The Balaban J connectivity index is 2.27. The first-order valence-corrected chi connectivity index (χ1v) is 6.03. The highest BCUT2D eigenvalue weighted by atomic mass is 16.4. The van der Waals surface area contributed by atoms with Crippen molar-refractivity contribution >= 4 is 11.9 Å². The molecule has 16 heavy (non-hydrogen) atoms. The van der Waals surface area contributed by atoms with Crippen molar-refractivity contribution < 1.29 is 14.7 Å². The molecule has 0 spiro atoms. The van der Waals surface area contributed by atoms with Crippen molar-refractivity contribution in [3.63, 3.8) is 0 Å². The zero-order valence-electron chi connectivity index (χ0n) is 10.0. The van der Waals surface area contributed by atoms with Crippen molar-refractivity contribution in [3.05, 3.63) is 0 Å². The summed E-state index contributed by atoms with van der Waals surface area (Å²) < 4.78 is 0. The molecular weight excluding hydrogens is 206 g/mol. The number of rotatable bonds is 6. The molecule has 1 unspecified atom stereocenters. The number of carboxylic acids is 1. The zero-order chi connectivity index (χ0) is 12.1. The van der Waals surface area contributed by atoms with E-state index in [1.165, 1.54) is 19.3 Å². The van der Waals surface area contributed by atoms with Crippen molar-refractivity contribution in [2.45, 2.75) is 52.0 Å². The topological polar surface area (TPSA) is 66.4 Å². The van der Waals surface area contributed by atoms with E-state index in [4.69, 9.17) is 5.11 Å². The molecule has 0 aromatic heterocycles. The second kappa shape index (κ2) is 5.87. The average molecular weight is 227 g/mol. The molecule has 1 rings (SSSR count). The monoisotopic (exact) mass is 227 g/mol. The zero-order valence-corrected chi connectivity index (χ0v) is 10.0. The van der Waals surface area contributed by atoms with E-state index in [9.17, 15) is 9.59 Å². The van der Waals surface area contributed by atoms with Crippen LogP contribution in [0.3, 0.4) is 0 Å². The Bertz CT molecular complexity index is 259. The summed E-state index contributed by atoms with van der Waals surface area (Å²) in [6.45, 7) is 3.59. The summed E-state index contributed by atoms with van der Waals surface area (Å²) in [6.07, 6.45) is 5.08. The minimum atomic E-state index is -0.952. The van der Waals surface area contributed by atoms with Crippen molar-refractivity contribution in [1.29, 1.82) is 0 Å². The number of aliphatic carboxylic acids is 1. The van der Waals surface area contributed by atoms with Crippen LogP contribution in [0.4, 0.5) is 0 Å². The predicted molar refractivity (Wildman–Crippen MR) is 61.0 cm³/mol. The Labute approximate surface area is 96.4 Å². The van der Waals surface area contributed by atoms with Gasteiger partial charge in [0.05, 0.1) is 0 Å². The van der Waals surface area contributed by atoms with Gasteiger partial charge >= 0.3 is 5.97 Å². The van der Waals surface area contributed by atoms with Crippen LogP contribution in [-0.4, -0.2) is 23.0 Å². The Kier molecular flexibility index (Phi) is 4.77. The average Bonchev–Trinajstić information content (AvgIpc) is 2.10. The van der Waals surface area contributed by atoms with Crippen LogP contribution < -0.4 is 5.32 Å². The Morgan fingerprint density at radius 1 is 1.38 bits per heavy atom.